The molecule has 0 bridgehead atoms. The van der Waals surface area contributed by atoms with Crippen molar-refractivity contribution in [2.24, 2.45) is 5.73 Å². The number of benzene rings is 1. The number of urea groups is 1. The summed E-state index contributed by atoms with van der Waals surface area (Å²) in [4.78, 5) is 10.4. The van der Waals surface area contributed by atoms with Gasteiger partial charge in [0.15, 0.2) is 5.75 Å². The Morgan fingerprint density at radius 1 is 1.40 bits per heavy atom. The summed E-state index contributed by atoms with van der Waals surface area (Å²) in [5, 5.41) is 11.1. The lowest BCUT2D eigenvalue weighted by Crippen LogP contribution is -2.19. The largest absolute Gasteiger partial charge is 0.505 e. The predicted molar refractivity (Wildman–Crippen MR) is 46.3 cm³/mol. The Morgan fingerprint density at radius 2 is 2.00 bits per heavy atom. The van der Waals surface area contributed by atoms with Crippen molar-refractivity contribution in [1.29, 1.82) is 0 Å². The number of nitrogens with two attached hydrogens (primary N) is 1. The number of carbonyl (C=O) groups is 1. The van der Waals surface area contributed by atoms with Crippen molar-refractivity contribution >= 4 is 11.7 Å². The Kier molecular flexibility index (Phi) is 2.74. The van der Waals surface area contributed by atoms with Crippen LogP contribution >= 0.6 is 0 Å². The molecule has 4 N–H and O–H groups in total. The Balaban J connectivity index is 3.17. The lowest BCUT2D eigenvalue weighted by Gasteiger charge is -2.11. The van der Waals surface area contributed by atoms with Gasteiger partial charge in [-0.05, 0) is 12.1 Å². The number of aromatic hydroxyl groups is 1. The number of carbonyl (C=O) groups excluding carboxylic acids is 1. The molecule has 0 aromatic heterocycles. The number of hydrogen-bond acceptors (Lipinski definition) is 2. The second kappa shape index (κ2) is 3.68. The van der Waals surface area contributed by atoms with Crippen LogP contribution in [0.5, 0.6) is 5.75 Å². The minimum atomic E-state index is -4.68. The SMILES string of the molecule is NC(=O)Nc1cccc(C(F)(F)F)c1O. The van der Waals surface area contributed by atoms with Crippen LogP contribution in [0, 0.1) is 0 Å². The van der Waals surface area contributed by atoms with Gasteiger partial charge >= 0.3 is 12.2 Å². The molecule has 1 aromatic rings. The summed E-state index contributed by atoms with van der Waals surface area (Å²) >= 11 is 0. The summed E-state index contributed by atoms with van der Waals surface area (Å²) in [7, 11) is 0. The lowest BCUT2D eigenvalue weighted by molar-refractivity contribution is -0.138. The van der Waals surface area contributed by atoms with Gasteiger partial charge in [-0.15, -0.1) is 0 Å². The van der Waals surface area contributed by atoms with E-state index in [-0.39, 0.29) is 5.69 Å². The molecule has 0 radical (unpaired) electrons. The van der Waals surface area contributed by atoms with E-state index in [0.717, 1.165) is 12.1 Å². The fourth-order valence-corrected chi connectivity index (χ4v) is 1.01. The highest BCUT2D eigenvalue weighted by atomic mass is 19.4. The van der Waals surface area contributed by atoms with Crippen molar-refractivity contribution in [3.8, 4) is 5.75 Å². The van der Waals surface area contributed by atoms with Gasteiger partial charge in [0.05, 0.1) is 11.3 Å². The zero-order valence-electron chi connectivity index (χ0n) is 7.30. The second-order valence-corrected chi connectivity index (χ2v) is 2.69. The molecule has 0 aliphatic carbocycles. The zero-order valence-corrected chi connectivity index (χ0v) is 7.30. The predicted octanol–water partition coefficient (Wildman–Crippen LogP) is 1.90. The van der Waals surface area contributed by atoms with Gasteiger partial charge in [0.25, 0.3) is 0 Å². The summed E-state index contributed by atoms with van der Waals surface area (Å²) in [6, 6.07) is 1.80. The summed E-state index contributed by atoms with van der Waals surface area (Å²) in [5.41, 5.74) is 3.10. The van der Waals surface area contributed by atoms with Gasteiger partial charge in [0, 0.05) is 0 Å². The van der Waals surface area contributed by atoms with Crippen LogP contribution in [-0.4, -0.2) is 11.1 Å². The highest BCUT2D eigenvalue weighted by molar-refractivity contribution is 5.89. The quantitative estimate of drug-likeness (QED) is 0.632. The van der Waals surface area contributed by atoms with E-state index in [9.17, 15) is 23.1 Å². The maximum atomic E-state index is 12.3. The molecule has 0 spiro atoms. The van der Waals surface area contributed by atoms with E-state index in [1.165, 1.54) is 0 Å². The lowest BCUT2D eigenvalue weighted by atomic mass is 10.1. The molecule has 0 aliphatic rings. The van der Waals surface area contributed by atoms with E-state index in [1.807, 2.05) is 5.32 Å². The Bertz CT molecular complexity index is 390. The van der Waals surface area contributed by atoms with Crippen molar-refractivity contribution in [2.45, 2.75) is 6.18 Å². The summed E-state index contributed by atoms with van der Waals surface area (Å²) in [6.07, 6.45) is -4.68. The number of halogens is 3. The third-order valence-electron chi connectivity index (χ3n) is 1.60. The topological polar surface area (TPSA) is 75.4 Å². The fraction of sp³-hybridized carbons (Fsp3) is 0.125. The van der Waals surface area contributed by atoms with Crippen LogP contribution in [0.4, 0.5) is 23.7 Å². The molecule has 0 unspecified atom stereocenters. The third kappa shape index (κ3) is 2.52. The van der Waals surface area contributed by atoms with Gasteiger partial charge in [-0.1, -0.05) is 6.07 Å². The van der Waals surface area contributed by atoms with Gasteiger partial charge in [0.2, 0.25) is 0 Å². The number of rotatable bonds is 1. The van der Waals surface area contributed by atoms with E-state index in [4.69, 9.17) is 5.73 Å². The third-order valence-corrected chi connectivity index (χ3v) is 1.60. The van der Waals surface area contributed by atoms with Crippen LogP contribution in [0.25, 0.3) is 0 Å². The molecular formula is C8H7F3N2O2. The highest BCUT2D eigenvalue weighted by Gasteiger charge is 2.34. The second-order valence-electron chi connectivity index (χ2n) is 2.69. The first-order chi connectivity index (χ1) is 6.82. The van der Waals surface area contributed by atoms with Crippen molar-refractivity contribution in [3.05, 3.63) is 23.8 Å². The molecule has 15 heavy (non-hydrogen) atoms. The van der Waals surface area contributed by atoms with Crippen LogP contribution in [0.3, 0.4) is 0 Å². The fourth-order valence-electron chi connectivity index (χ4n) is 1.01. The molecule has 0 saturated heterocycles. The van der Waals surface area contributed by atoms with E-state index in [2.05, 4.69) is 0 Å². The average molecular weight is 220 g/mol. The molecule has 7 heteroatoms. The van der Waals surface area contributed by atoms with E-state index in [1.54, 1.807) is 0 Å². The Hall–Kier alpha value is -1.92. The summed E-state index contributed by atoms with van der Waals surface area (Å²) in [6.45, 7) is 0. The number of anilines is 1. The Labute approximate surface area is 82.5 Å². The smallest absolute Gasteiger partial charge is 0.420 e. The van der Waals surface area contributed by atoms with Crippen LogP contribution in [0.15, 0.2) is 18.2 Å². The number of phenolic OH excluding ortho intramolecular Hbond substituents is 1. The zero-order chi connectivity index (χ0) is 11.6. The molecule has 0 saturated carbocycles. The number of alkyl halides is 3. The molecule has 82 valence electrons. The highest BCUT2D eigenvalue weighted by Crippen LogP contribution is 2.39. The first-order valence-electron chi connectivity index (χ1n) is 3.78. The van der Waals surface area contributed by atoms with E-state index in [0.29, 0.717) is 6.07 Å². The molecular weight excluding hydrogens is 213 g/mol. The maximum Gasteiger partial charge on any atom is 0.420 e. The monoisotopic (exact) mass is 220 g/mol. The number of amides is 2. The molecule has 0 atom stereocenters. The van der Waals surface area contributed by atoms with E-state index < -0.39 is 23.5 Å². The van der Waals surface area contributed by atoms with Crippen LogP contribution < -0.4 is 11.1 Å². The number of phenols is 1. The van der Waals surface area contributed by atoms with Gasteiger partial charge in [-0.25, -0.2) is 4.79 Å². The van der Waals surface area contributed by atoms with Crippen LogP contribution in [0.2, 0.25) is 0 Å². The summed E-state index contributed by atoms with van der Waals surface area (Å²) < 4.78 is 36.8. The molecule has 0 heterocycles. The molecule has 4 nitrogen and oxygen atoms in total. The first-order valence-corrected chi connectivity index (χ1v) is 3.78. The number of para-hydroxylation sites is 1. The van der Waals surface area contributed by atoms with Crippen LogP contribution in [0.1, 0.15) is 5.56 Å². The minimum Gasteiger partial charge on any atom is -0.505 e. The molecule has 0 fully saturated rings. The molecule has 1 aromatic carbocycles. The van der Waals surface area contributed by atoms with Crippen molar-refractivity contribution in [2.75, 3.05) is 5.32 Å². The van der Waals surface area contributed by atoms with Gasteiger partial charge in [0.1, 0.15) is 0 Å². The molecule has 0 aliphatic heterocycles. The number of hydrogen-bond donors (Lipinski definition) is 3. The first kappa shape index (κ1) is 11.2. The average Bonchev–Trinajstić information content (AvgIpc) is 2.05. The minimum absolute atomic E-state index is 0.377. The van der Waals surface area contributed by atoms with Gasteiger partial charge in [-0.2, -0.15) is 13.2 Å². The van der Waals surface area contributed by atoms with E-state index >= 15 is 0 Å². The van der Waals surface area contributed by atoms with Gasteiger partial charge < -0.3 is 16.2 Å². The van der Waals surface area contributed by atoms with Crippen molar-refractivity contribution in [1.82, 2.24) is 0 Å². The number of primary amides is 1. The number of nitrogens with one attached hydrogen (secondary N) is 1. The molecule has 1 rings (SSSR count). The molecule has 2 amide bonds. The Morgan fingerprint density at radius 3 is 2.47 bits per heavy atom. The summed E-state index contributed by atoms with van der Waals surface area (Å²) in [5.74, 6) is -1.05. The standard InChI is InChI=1S/C8H7F3N2O2/c9-8(10,11)4-2-1-3-5(6(4)14)13-7(12)15/h1-3,14H,(H3,12,13,15). The van der Waals surface area contributed by atoms with Crippen molar-refractivity contribution in [3.63, 3.8) is 0 Å². The van der Waals surface area contributed by atoms with Crippen LogP contribution in [-0.2, 0) is 6.18 Å². The van der Waals surface area contributed by atoms with Crippen molar-refractivity contribution < 1.29 is 23.1 Å². The van der Waals surface area contributed by atoms with Gasteiger partial charge in [-0.3, -0.25) is 0 Å². The maximum absolute atomic E-state index is 12.3. The normalized spacial score (nSPS) is 11.1.